The molecule has 0 radical (unpaired) electrons. The lowest BCUT2D eigenvalue weighted by molar-refractivity contribution is 0.286. The van der Waals surface area contributed by atoms with Gasteiger partial charge in [0, 0.05) is 24.2 Å². The highest BCUT2D eigenvalue weighted by Crippen LogP contribution is 2.33. The Morgan fingerprint density at radius 3 is 2.00 bits per heavy atom. The minimum Gasteiger partial charge on any atom is -0.512 e. The highest BCUT2D eigenvalue weighted by Gasteiger charge is 2.16. The number of nitrogens with two attached hydrogens (primary N) is 1. The molecule has 0 unspecified atom stereocenters. The summed E-state index contributed by atoms with van der Waals surface area (Å²) in [6.45, 7) is 0.244. The summed E-state index contributed by atoms with van der Waals surface area (Å²) in [5, 5.41) is 17.4. The van der Waals surface area contributed by atoms with Crippen molar-refractivity contribution in [2.75, 3.05) is 14.2 Å². The smallest absolute Gasteiger partial charge is 0.512 e. The van der Waals surface area contributed by atoms with E-state index in [4.69, 9.17) is 29.9 Å². The van der Waals surface area contributed by atoms with E-state index in [9.17, 15) is 0 Å². The third kappa shape index (κ3) is 2.78. The Kier molecular flexibility index (Phi) is 4.42. The third-order valence-corrected chi connectivity index (χ3v) is 2.03. The summed E-state index contributed by atoms with van der Waals surface area (Å²) in [6.07, 6.45) is 0. The first kappa shape index (κ1) is 12.6. The van der Waals surface area contributed by atoms with Crippen LogP contribution >= 0.6 is 0 Å². The van der Waals surface area contributed by atoms with E-state index in [0.717, 1.165) is 0 Å². The van der Waals surface area contributed by atoms with Crippen molar-refractivity contribution >= 4 is 7.32 Å². The van der Waals surface area contributed by atoms with Crippen LogP contribution in [-0.4, -0.2) is 31.6 Å². The summed E-state index contributed by atoms with van der Waals surface area (Å²) in [6, 6.07) is 3.01. The van der Waals surface area contributed by atoms with Crippen LogP contribution in [0.2, 0.25) is 0 Å². The fourth-order valence-corrected chi connectivity index (χ4v) is 1.35. The Labute approximate surface area is 93.7 Å². The average molecular weight is 227 g/mol. The second-order valence-corrected chi connectivity index (χ2v) is 2.95. The molecule has 7 heteroatoms. The van der Waals surface area contributed by atoms with Crippen molar-refractivity contribution in [1.82, 2.24) is 0 Å². The first-order chi connectivity index (χ1) is 7.62. The monoisotopic (exact) mass is 227 g/mol. The van der Waals surface area contributed by atoms with Crippen LogP contribution in [0.15, 0.2) is 12.1 Å². The lowest BCUT2D eigenvalue weighted by Gasteiger charge is -2.14. The van der Waals surface area contributed by atoms with Gasteiger partial charge >= 0.3 is 7.32 Å². The maximum Gasteiger partial charge on any atom is 0.707 e. The molecule has 0 fully saturated rings. The number of hydrogen-bond donors (Lipinski definition) is 3. The Balaban J connectivity index is 3.15. The van der Waals surface area contributed by atoms with Crippen LogP contribution in [0.4, 0.5) is 0 Å². The minimum atomic E-state index is -1.89. The van der Waals surface area contributed by atoms with Crippen molar-refractivity contribution in [3.05, 3.63) is 17.7 Å². The Hall–Kier alpha value is -1.44. The van der Waals surface area contributed by atoms with Crippen LogP contribution in [0.5, 0.6) is 17.2 Å². The van der Waals surface area contributed by atoms with Gasteiger partial charge in [-0.05, 0) is 0 Å². The highest BCUT2D eigenvalue weighted by atomic mass is 16.6. The van der Waals surface area contributed by atoms with Crippen LogP contribution in [0, 0.1) is 0 Å². The van der Waals surface area contributed by atoms with Crippen LogP contribution < -0.4 is 19.9 Å². The summed E-state index contributed by atoms with van der Waals surface area (Å²) >= 11 is 0. The summed E-state index contributed by atoms with van der Waals surface area (Å²) in [7, 11) is 1.07. The largest absolute Gasteiger partial charge is 0.707 e. The normalized spacial score (nSPS) is 9.81. The second kappa shape index (κ2) is 5.59. The van der Waals surface area contributed by atoms with Gasteiger partial charge in [-0.25, -0.2) is 0 Å². The zero-order chi connectivity index (χ0) is 12.1. The molecule has 88 valence electrons. The van der Waals surface area contributed by atoms with E-state index in [1.165, 1.54) is 26.4 Å². The Bertz CT molecular complexity index is 333. The molecule has 0 atom stereocenters. The van der Waals surface area contributed by atoms with Crippen LogP contribution in [0.3, 0.4) is 0 Å². The highest BCUT2D eigenvalue weighted by molar-refractivity contribution is 6.33. The van der Waals surface area contributed by atoms with Crippen LogP contribution in [-0.2, 0) is 6.54 Å². The molecule has 0 aliphatic carbocycles. The van der Waals surface area contributed by atoms with E-state index < -0.39 is 7.32 Å². The maximum absolute atomic E-state index is 8.69. The SMILES string of the molecule is COc1cc(OB(O)O)cc(OC)c1CN. The van der Waals surface area contributed by atoms with Crippen molar-refractivity contribution in [2.24, 2.45) is 5.73 Å². The minimum absolute atomic E-state index is 0.223. The van der Waals surface area contributed by atoms with E-state index >= 15 is 0 Å². The summed E-state index contributed by atoms with van der Waals surface area (Å²) in [4.78, 5) is 0. The molecule has 16 heavy (non-hydrogen) atoms. The van der Waals surface area contributed by atoms with Gasteiger partial charge in [0.15, 0.2) is 0 Å². The molecule has 1 aromatic carbocycles. The number of rotatable bonds is 5. The zero-order valence-electron chi connectivity index (χ0n) is 9.14. The van der Waals surface area contributed by atoms with Gasteiger partial charge < -0.3 is 29.9 Å². The van der Waals surface area contributed by atoms with Gasteiger partial charge in [0.2, 0.25) is 0 Å². The van der Waals surface area contributed by atoms with Crippen molar-refractivity contribution in [2.45, 2.75) is 6.54 Å². The summed E-state index contributed by atoms with van der Waals surface area (Å²) in [5.41, 5.74) is 6.24. The van der Waals surface area contributed by atoms with Gasteiger partial charge in [-0.3, -0.25) is 0 Å². The first-order valence-corrected chi connectivity index (χ1v) is 4.60. The third-order valence-electron chi connectivity index (χ3n) is 2.03. The van der Waals surface area contributed by atoms with Crippen molar-refractivity contribution < 1.29 is 24.2 Å². The molecular weight excluding hydrogens is 213 g/mol. The fourth-order valence-electron chi connectivity index (χ4n) is 1.35. The molecule has 1 rings (SSSR count). The van der Waals surface area contributed by atoms with Crippen molar-refractivity contribution in [1.29, 1.82) is 0 Å². The molecule has 6 nitrogen and oxygen atoms in total. The van der Waals surface area contributed by atoms with Crippen LogP contribution in [0.1, 0.15) is 5.56 Å². The predicted molar refractivity (Wildman–Crippen MR) is 58.3 cm³/mol. The van der Waals surface area contributed by atoms with Gasteiger partial charge in [-0.2, -0.15) is 0 Å². The van der Waals surface area contributed by atoms with E-state index in [0.29, 0.717) is 17.1 Å². The van der Waals surface area contributed by atoms with E-state index in [-0.39, 0.29) is 12.3 Å². The van der Waals surface area contributed by atoms with E-state index in [2.05, 4.69) is 0 Å². The van der Waals surface area contributed by atoms with Gasteiger partial charge in [0.1, 0.15) is 17.2 Å². The second-order valence-electron chi connectivity index (χ2n) is 2.95. The quantitative estimate of drug-likeness (QED) is 0.587. The number of benzene rings is 1. The van der Waals surface area contributed by atoms with E-state index in [1.807, 2.05) is 0 Å². The average Bonchev–Trinajstić information content (AvgIpc) is 2.26. The van der Waals surface area contributed by atoms with Gasteiger partial charge in [0.05, 0.1) is 14.2 Å². The van der Waals surface area contributed by atoms with Crippen molar-refractivity contribution in [3.8, 4) is 17.2 Å². The molecule has 4 N–H and O–H groups in total. The lowest BCUT2D eigenvalue weighted by atomic mass is 10.1. The molecule has 1 aromatic rings. The molecule has 0 saturated heterocycles. The first-order valence-electron chi connectivity index (χ1n) is 4.60. The van der Waals surface area contributed by atoms with Gasteiger partial charge in [-0.15, -0.1) is 0 Å². The van der Waals surface area contributed by atoms with E-state index in [1.54, 1.807) is 0 Å². The molecule has 0 aliphatic rings. The fraction of sp³-hybridized carbons (Fsp3) is 0.333. The number of ether oxygens (including phenoxy) is 2. The standard InChI is InChI=1S/C9H14BNO5/c1-14-8-3-6(16-10(12)13)4-9(15-2)7(8)5-11/h3-4,12-13H,5,11H2,1-2H3. The molecule has 0 saturated carbocycles. The molecular formula is C9H14BNO5. The topological polar surface area (TPSA) is 94.2 Å². The number of hydrogen-bond acceptors (Lipinski definition) is 6. The molecule has 0 spiro atoms. The Morgan fingerprint density at radius 1 is 1.19 bits per heavy atom. The van der Waals surface area contributed by atoms with Crippen LogP contribution in [0.25, 0.3) is 0 Å². The predicted octanol–water partition coefficient (Wildman–Crippen LogP) is -0.489. The molecule has 0 aromatic heterocycles. The number of methoxy groups -OCH3 is 2. The summed E-state index contributed by atoms with van der Waals surface area (Å²) in [5.74, 6) is 1.16. The molecule has 0 heterocycles. The summed E-state index contributed by atoms with van der Waals surface area (Å²) < 4.78 is 14.9. The lowest BCUT2D eigenvalue weighted by Crippen LogP contribution is -2.20. The maximum atomic E-state index is 8.69. The van der Waals surface area contributed by atoms with Gasteiger partial charge in [0.25, 0.3) is 0 Å². The zero-order valence-corrected chi connectivity index (χ0v) is 9.14. The molecule has 0 amide bonds. The Morgan fingerprint density at radius 2 is 1.69 bits per heavy atom. The van der Waals surface area contributed by atoms with Gasteiger partial charge in [-0.1, -0.05) is 0 Å². The van der Waals surface area contributed by atoms with Crippen molar-refractivity contribution in [3.63, 3.8) is 0 Å². The molecule has 0 bridgehead atoms. The molecule has 0 aliphatic heterocycles.